The third kappa shape index (κ3) is 6.09. The van der Waals surface area contributed by atoms with Gasteiger partial charge >= 0.3 is 0 Å². The summed E-state index contributed by atoms with van der Waals surface area (Å²) in [7, 11) is 0. The quantitative estimate of drug-likeness (QED) is 0.607. The molecule has 0 bridgehead atoms. The molecule has 28 heavy (non-hydrogen) atoms. The number of halogens is 3. The lowest BCUT2D eigenvalue weighted by molar-refractivity contribution is -0.123. The highest BCUT2D eigenvalue weighted by Crippen LogP contribution is 2.21. The van der Waals surface area contributed by atoms with Crippen LogP contribution >= 0.6 is 0 Å². The Kier molecular flexibility index (Phi) is 8.01. The Hall–Kier alpha value is -2.87. The van der Waals surface area contributed by atoms with Crippen molar-refractivity contribution in [2.75, 3.05) is 13.2 Å². The van der Waals surface area contributed by atoms with E-state index in [-0.39, 0.29) is 12.0 Å². The molecule has 1 atom stereocenters. The Bertz CT molecular complexity index is 810. The van der Waals surface area contributed by atoms with Crippen molar-refractivity contribution in [3.8, 4) is 5.75 Å². The fourth-order valence-electron chi connectivity index (χ4n) is 2.54. The summed E-state index contributed by atoms with van der Waals surface area (Å²) in [5, 5.41) is 2.52. The van der Waals surface area contributed by atoms with Crippen LogP contribution < -0.4 is 15.8 Å². The number of carbonyl (C=O) groups is 2. The number of rotatable bonds is 10. The maximum Gasteiger partial charge on any atom is 0.251 e. The standard InChI is InChI=1S/C20H21F3N2O3/c21-14-6-3-5-13(11-14)20(27)25-17(9-1-2-10-24)18(26)12-28-19-15(22)7-4-8-16(19)23/h3-8,11,17H,1-2,9-10,12,24H2,(H,25,27). The number of Topliss-reactive ketones (excluding diaryl/α,β-unsaturated/α-hetero) is 1. The zero-order chi connectivity index (χ0) is 20.5. The Balaban J connectivity index is 2.06. The molecule has 0 heterocycles. The lowest BCUT2D eigenvalue weighted by Gasteiger charge is -2.18. The molecule has 0 aliphatic carbocycles. The van der Waals surface area contributed by atoms with E-state index in [4.69, 9.17) is 10.5 Å². The number of unbranched alkanes of at least 4 members (excludes halogenated alkanes) is 1. The molecule has 0 radical (unpaired) electrons. The SMILES string of the molecule is NCCCCC(NC(=O)c1cccc(F)c1)C(=O)COc1c(F)cccc1F. The third-order valence-electron chi connectivity index (χ3n) is 4.01. The molecule has 0 aliphatic heterocycles. The van der Waals surface area contributed by atoms with E-state index in [0.717, 1.165) is 18.2 Å². The van der Waals surface area contributed by atoms with Crippen molar-refractivity contribution in [1.82, 2.24) is 5.32 Å². The molecule has 1 unspecified atom stereocenters. The fraction of sp³-hybridized carbons (Fsp3) is 0.300. The van der Waals surface area contributed by atoms with Crippen molar-refractivity contribution in [2.45, 2.75) is 25.3 Å². The Morgan fingerprint density at radius 3 is 2.36 bits per heavy atom. The number of hydrogen-bond acceptors (Lipinski definition) is 4. The average molecular weight is 394 g/mol. The summed E-state index contributed by atoms with van der Waals surface area (Å²) in [5.41, 5.74) is 5.50. The van der Waals surface area contributed by atoms with Crippen LogP contribution in [-0.4, -0.2) is 30.9 Å². The Morgan fingerprint density at radius 2 is 1.71 bits per heavy atom. The van der Waals surface area contributed by atoms with Crippen LogP contribution in [0.25, 0.3) is 0 Å². The van der Waals surface area contributed by atoms with Gasteiger partial charge in [0.15, 0.2) is 23.2 Å². The summed E-state index contributed by atoms with van der Waals surface area (Å²) in [5.74, 6) is -4.32. The van der Waals surface area contributed by atoms with Crippen molar-refractivity contribution in [2.24, 2.45) is 5.73 Å². The van der Waals surface area contributed by atoms with Crippen LogP contribution in [0, 0.1) is 17.5 Å². The highest BCUT2D eigenvalue weighted by molar-refractivity contribution is 5.98. The number of para-hydroxylation sites is 1. The van der Waals surface area contributed by atoms with Crippen molar-refractivity contribution in [3.05, 3.63) is 65.5 Å². The highest BCUT2D eigenvalue weighted by atomic mass is 19.1. The minimum absolute atomic E-state index is 0.0534. The van der Waals surface area contributed by atoms with Gasteiger partial charge in [-0.1, -0.05) is 12.1 Å². The number of amides is 1. The normalized spacial score (nSPS) is 11.7. The van der Waals surface area contributed by atoms with Gasteiger partial charge in [-0.05, 0) is 56.1 Å². The van der Waals surface area contributed by atoms with Gasteiger partial charge in [-0.3, -0.25) is 9.59 Å². The molecule has 0 saturated heterocycles. The van der Waals surface area contributed by atoms with Gasteiger partial charge < -0.3 is 15.8 Å². The van der Waals surface area contributed by atoms with Crippen molar-refractivity contribution in [3.63, 3.8) is 0 Å². The van der Waals surface area contributed by atoms with Gasteiger partial charge in [0.2, 0.25) is 0 Å². The van der Waals surface area contributed by atoms with Crippen LogP contribution in [0.1, 0.15) is 29.6 Å². The molecule has 0 aliphatic rings. The van der Waals surface area contributed by atoms with Crippen LogP contribution in [-0.2, 0) is 4.79 Å². The van der Waals surface area contributed by atoms with Gasteiger partial charge in [-0.2, -0.15) is 0 Å². The zero-order valence-electron chi connectivity index (χ0n) is 15.1. The Morgan fingerprint density at radius 1 is 1.04 bits per heavy atom. The minimum atomic E-state index is -0.961. The summed E-state index contributed by atoms with van der Waals surface area (Å²) >= 11 is 0. The van der Waals surface area contributed by atoms with Crippen LogP contribution in [0.5, 0.6) is 5.75 Å². The fourth-order valence-corrected chi connectivity index (χ4v) is 2.54. The van der Waals surface area contributed by atoms with Gasteiger partial charge in [0, 0.05) is 5.56 Å². The maximum absolute atomic E-state index is 13.6. The van der Waals surface area contributed by atoms with Gasteiger partial charge in [0.1, 0.15) is 12.4 Å². The summed E-state index contributed by atoms with van der Waals surface area (Å²) in [6, 6.07) is 7.25. The molecular weight excluding hydrogens is 373 g/mol. The predicted octanol–water partition coefficient (Wildman–Crippen LogP) is 2.98. The molecule has 3 N–H and O–H groups in total. The largest absolute Gasteiger partial charge is 0.480 e. The van der Waals surface area contributed by atoms with E-state index in [1.54, 1.807) is 0 Å². The molecule has 2 aromatic carbocycles. The first kappa shape index (κ1) is 21.4. The molecule has 2 aromatic rings. The summed E-state index contributed by atoms with van der Waals surface area (Å²) < 4.78 is 45.5. The number of nitrogens with two attached hydrogens (primary N) is 1. The van der Waals surface area contributed by atoms with Gasteiger partial charge in [0.25, 0.3) is 5.91 Å². The van der Waals surface area contributed by atoms with Gasteiger partial charge in [-0.25, -0.2) is 13.2 Å². The van der Waals surface area contributed by atoms with E-state index in [9.17, 15) is 22.8 Å². The van der Waals surface area contributed by atoms with Crippen LogP contribution in [0.2, 0.25) is 0 Å². The van der Waals surface area contributed by atoms with E-state index >= 15 is 0 Å². The monoisotopic (exact) mass is 394 g/mol. The average Bonchev–Trinajstić information content (AvgIpc) is 2.66. The van der Waals surface area contributed by atoms with Crippen molar-refractivity contribution in [1.29, 1.82) is 0 Å². The molecule has 150 valence electrons. The van der Waals surface area contributed by atoms with Crippen molar-refractivity contribution >= 4 is 11.7 Å². The predicted molar refractivity (Wildman–Crippen MR) is 97.4 cm³/mol. The number of hydrogen-bond donors (Lipinski definition) is 2. The van der Waals surface area contributed by atoms with Gasteiger partial charge in [-0.15, -0.1) is 0 Å². The minimum Gasteiger partial charge on any atom is -0.480 e. The lowest BCUT2D eigenvalue weighted by Crippen LogP contribution is -2.43. The molecule has 0 saturated carbocycles. The zero-order valence-corrected chi connectivity index (χ0v) is 15.1. The van der Waals surface area contributed by atoms with E-state index in [0.29, 0.717) is 19.4 Å². The lowest BCUT2D eigenvalue weighted by atomic mass is 10.0. The van der Waals surface area contributed by atoms with Crippen molar-refractivity contribution < 1.29 is 27.5 Å². The first-order valence-corrected chi connectivity index (χ1v) is 8.78. The van der Waals surface area contributed by atoms with E-state index in [2.05, 4.69) is 5.32 Å². The second-order valence-corrected chi connectivity index (χ2v) is 6.13. The van der Waals surface area contributed by atoms with Crippen LogP contribution in [0.4, 0.5) is 13.2 Å². The Labute approximate surface area is 160 Å². The first-order chi connectivity index (χ1) is 13.4. The smallest absolute Gasteiger partial charge is 0.251 e. The second kappa shape index (κ2) is 10.5. The molecule has 0 fully saturated rings. The molecule has 0 spiro atoms. The number of ether oxygens (including phenoxy) is 1. The molecule has 1 amide bonds. The molecule has 2 rings (SSSR count). The first-order valence-electron chi connectivity index (χ1n) is 8.78. The summed E-state index contributed by atoms with van der Waals surface area (Å²) in [4.78, 5) is 24.8. The number of benzene rings is 2. The number of ketones is 1. The number of carbonyl (C=O) groups excluding carboxylic acids is 2. The van der Waals surface area contributed by atoms with Crippen LogP contribution in [0.3, 0.4) is 0 Å². The summed E-state index contributed by atoms with van der Waals surface area (Å²) in [6.07, 6.45) is 1.44. The molecule has 8 heteroatoms. The topological polar surface area (TPSA) is 81.4 Å². The van der Waals surface area contributed by atoms with Gasteiger partial charge in [0.05, 0.1) is 6.04 Å². The van der Waals surface area contributed by atoms with E-state index in [1.807, 2.05) is 0 Å². The molecular formula is C20H21F3N2O3. The second-order valence-electron chi connectivity index (χ2n) is 6.13. The third-order valence-corrected chi connectivity index (χ3v) is 4.01. The highest BCUT2D eigenvalue weighted by Gasteiger charge is 2.23. The maximum atomic E-state index is 13.6. The van der Waals surface area contributed by atoms with E-state index < -0.39 is 47.5 Å². The molecule has 5 nitrogen and oxygen atoms in total. The molecule has 0 aromatic heterocycles. The van der Waals surface area contributed by atoms with E-state index in [1.165, 1.54) is 24.3 Å². The van der Waals surface area contributed by atoms with Crippen LogP contribution in [0.15, 0.2) is 42.5 Å². The number of nitrogens with one attached hydrogen (secondary N) is 1. The summed E-state index contributed by atoms with van der Waals surface area (Å²) in [6.45, 7) is -0.218.